The normalized spacial score (nSPS) is 10.1. The lowest BCUT2D eigenvalue weighted by Gasteiger charge is -2.08. The molecule has 2 rings (SSSR count). The molecular weight excluding hydrogens is 268 g/mol. The van der Waals surface area contributed by atoms with Gasteiger partial charge in [-0.15, -0.1) is 0 Å². The highest BCUT2D eigenvalue weighted by molar-refractivity contribution is 5.75. The van der Waals surface area contributed by atoms with Crippen LogP contribution < -0.4 is 16.2 Å². The van der Waals surface area contributed by atoms with E-state index in [0.717, 1.165) is 10.2 Å². The first-order valence-electron chi connectivity index (χ1n) is 6.80. The maximum Gasteiger partial charge on any atom is 0.269 e. The van der Waals surface area contributed by atoms with Crippen LogP contribution in [0.5, 0.6) is 0 Å². The van der Waals surface area contributed by atoms with E-state index in [1.807, 2.05) is 37.3 Å². The number of amides is 1. The zero-order chi connectivity index (χ0) is 15.1. The smallest absolute Gasteiger partial charge is 0.269 e. The summed E-state index contributed by atoms with van der Waals surface area (Å²) in [6, 6.07) is 11.0. The molecule has 0 saturated heterocycles. The molecule has 0 saturated carbocycles. The molecule has 6 nitrogen and oxygen atoms in total. The van der Waals surface area contributed by atoms with Gasteiger partial charge in [-0.3, -0.25) is 9.59 Å². The molecule has 1 aromatic heterocycles. The number of hydrogen-bond acceptors (Lipinski definition) is 4. The number of carbonyl (C=O) groups excluding carboxylic acids is 1. The van der Waals surface area contributed by atoms with Crippen LogP contribution in [0.25, 0.3) is 0 Å². The predicted octanol–water partition coefficient (Wildman–Crippen LogP) is 0.991. The number of carbonyl (C=O) groups is 1. The maximum absolute atomic E-state index is 11.8. The summed E-state index contributed by atoms with van der Waals surface area (Å²) in [7, 11) is 0. The van der Waals surface area contributed by atoms with Gasteiger partial charge in [0.05, 0.1) is 11.9 Å². The number of hydrogen-bond donors (Lipinski definition) is 2. The van der Waals surface area contributed by atoms with Gasteiger partial charge in [-0.1, -0.05) is 30.3 Å². The molecule has 0 bridgehead atoms. The third-order valence-electron chi connectivity index (χ3n) is 2.88. The highest BCUT2D eigenvalue weighted by atomic mass is 16.2. The SMILES string of the molecule is CCNc1cnn(CC(=O)NCc2ccccc2)c(=O)c1. The first-order chi connectivity index (χ1) is 10.2. The zero-order valence-electron chi connectivity index (χ0n) is 11.9. The standard InChI is InChI=1S/C15H18N4O2/c1-2-16-13-8-15(21)19(18-10-13)11-14(20)17-9-12-6-4-3-5-7-12/h3-8,10,16H,2,9,11H2,1H3,(H,17,20). The molecule has 0 atom stereocenters. The molecule has 0 aliphatic carbocycles. The Morgan fingerprint density at radius 3 is 2.71 bits per heavy atom. The monoisotopic (exact) mass is 286 g/mol. The van der Waals surface area contributed by atoms with Crippen molar-refractivity contribution in [1.82, 2.24) is 15.1 Å². The van der Waals surface area contributed by atoms with Crippen LogP contribution in [0.3, 0.4) is 0 Å². The summed E-state index contributed by atoms with van der Waals surface area (Å²) in [5.41, 5.74) is 1.36. The van der Waals surface area contributed by atoms with E-state index in [0.29, 0.717) is 18.8 Å². The van der Waals surface area contributed by atoms with Gasteiger partial charge in [0.1, 0.15) is 6.54 Å². The van der Waals surface area contributed by atoms with Crippen LogP contribution in [0, 0.1) is 0 Å². The summed E-state index contributed by atoms with van der Waals surface area (Å²) in [6.07, 6.45) is 1.54. The van der Waals surface area contributed by atoms with Gasteiger partial charge in [-0.05, 0) is 12.5 Å². The molecule has 0 spiro atoms. The van der Waals surface area contributed by atoms with E-state index in [1.165, 1.54) is 12.3 Å². The second kappa shape index (κ2) is 7.23. The van der Waals surface area contributed by atoms with Crippen LogP contribution in [-0.2, 0) is 17.9 Å². The summed E-state index contributed by atoms with van der Waals surface area (Å²) in [5.74, 6) is -0.246. The van der Waals surface area contributed by atoms with Crippen molar-refractivity contribution >= 4 is 11.6 Å². The van der Waals surface area contributed by atoms with Gasteiger partial charge in [-0.2, -0.15) is 5.10 Å². The van der Waals surface area contributed by atoms with Crippen molar-refractivity contribution in [3.05, 3.63) is 58.5 Å². The van der Waals surface area contributed by atoms with Gasteiger partial charge in [-0.25, -0.2) is 4.68 Å². The Labute approximate surface area is 122 Å². The Hall–Kier alpha value is -2.63. The van der Waals surface area contributed by atoms with Gasteiger partial charge in [0.2, 0.25) is 5.91 Å². The third-order valence-corrected chi connectivity index (χ3v) is 2.88. The largest absolute Gasteiger partial charge is 0.384 e. The molecule has 1 amide bonds. The lowest BCUT2D eigenvalue weighted by molar-refractivity contribution is -0.122. The highest BCUT2D eigenvalue weighted by Gasteiger charge is 2.06. The molecule has 110 valence electrons. The first-order valence-corrected chi connectivity index (χ1v) is 6.80. The van der Waals surface area contributed by atoms with Gasteiger partial charge in [0, 0.05) is 19.2 Å². The molecule has 0 aliphatic rings. The second-order valence-electron chi connectivity index (χ2n) is 4.53. The molecule has 0 fully saturated rings. The summed E-state index contributed by atoms with van der Waals surface area (Å²) in [4.78, 5) is 23.6. The van der Waals surface area contributed by atoms with E-state index in [9.17, 15) is 9.59 Å². The van der Waals surface area contributed by atoms with Crippen molar-refractivity contribution in [1.29, 1.82) is 0 Å². The fourth-order valence-electron chi connectivity index (χ4n) is 1.84. The van der Waals surface area contributed by atoms with Crippen molar-refractivity contribution < 1.29 is 4.79 Å². The van der Waals surface area contributed by atoms with Crippen LogP contribution in [0.15, 0.2) is 47.4 Å². The van der Waals surface area contributed by atoms with Gasteiger partial charge in [0.25, 0.3) is 5.56 Å². The number of benzene rings is 1. The van der Waals surface area contributed by atoms with Crippen LogP contribution in [-0.4, -0.2) is 22.2 Å². The van der Waals surface area contributed by atoms with Crippen LogP contribution in [0.4, 0.5) is 5.69 Å². The molecule has 0 unspecified atom stereocenters. The Morgan fingerprint density at radius 2 is 2.05 bits per heavy atom. The number of anilines is 1. The number of nitrogens with zero attached hydrogens (tertiary/aromatic N) is 2. The Kier molecular flexibility index (Phi) is 5.09. The summed E-state index contributed by atoms with van der Waals surface area (Å²) >= 11 is 0. The number of nitrogens with one attached hydrogen (secondary N) is 2. The van der Waals surface area contributed by atoms with E-state index >= 15 is 0 Å². The Morgan fingerprint density at radius 1 is 1.29 bits per heavy atom. The first kappa shape index (κ1) is 14.8. The molecular formula is C15H18N4O2. The molecule has 6 heteroatoms. The minimum absolute atomic E-state index is 0.0852. The summed E-state index contributed by atoms with van der Waals surface area (Å²) in [5, 5.41) is 9.73. The molecule has 1 aromatic carbocycles. The van der Waals surface area contributed by atoms with E-state index in [-0.39, 0.29) is 18.0 Å². The third kappa shape index (κ3) is 4.45. The van der Waals surface area contributed by atoms with Crippen LogP contribution in [0.2, 0.25) is 0 Å². The lowest BCUT2D eigenvalue weighted by atomic mass is 10.2. The molecule has 21 heavy (non-hydrogen) atoms. The summed E-state index contributed by atoms with van der Waals surface area (Å²) < 4.78 is 1.14. The molecule has 0 radical (unpaired) electrons. The Balaban J connectivity index is 1.92. The zero-order valence-corrected chi connectivity index (χ0v) is 11.9. The van der Waals surface area contributed by atoms with Gasteiger partial charge >= 0.3 is 0 Å². The van der Waals surface area contributed by atoms with Gasteiger partial charge < -0.3 is 10.6 Å². The molecule has 2 aromatic rings. The molecule has 2 N–H and O–H groups in total. The maximum atomic E-state index is 11.8. The topological polar surface area (TPSA) is 76.0 Å². The summed E-state index contributed by atoms with van der Waals surface area (Å²) in [6.45, 7) is 2.99. The van der Waals surface area contributed by atoms with E-state index < -0.39 is 0 Å². The van der Waals surface area contributed by atoms with E-state index in [2.05, 4.69) is 15.7 Å². The van der Waals surface area contributed by atoms with Crippen molar-refractivity contribution in [3.8, 4) is 0 Å². The van der Waals surface area contributed by atoms with Crippen molar-refractivity contribution in [2.45, 2.75) is 20.0 Å². The van der Waals surface area contributed by atoms with Crippen LogP contribution >= 0.6 is 0 Å². The fourth-order valence-corrected chi connectivity index (χ4v) is 1.84. The minimum Gasteiger partial charge on any atom is -0.384 e. The van der Waals surface area contributed by atoms with Crippen molar-refractivity contribution in [3.63, 3.8) is 0 Å². The highest BCUT2D eigenvalue weighted by Crippen LogP contribution is 1.99. The van der Waals surface area contributed by atoms with E-state index in [1.54, 1.807) is 0 Å². The van der Waals surface area contributed by atoms with Crippen molar-refractivity contribution in [2.75, 3.05) is 11.9 Å². The Bertz CT molecular complexity index is 652. The fraction of sp³-hybridized carbons (Fsp3) is 0.267. The lowest BCUT2D eigenvalue weighted by Crippen LogP contribution is -2.33. The predicted molar refractivity (Wildman–Crippen MR) is 80.9 cm³/mol. The average Bonchev–Trinajstić information content (AvgIpc) is 2.49. The van der Waals surface area contributed by atoms with E-state index in [4.69, 9.17) is 0 Å². The number of rotatable bonds is 6. The van der Waals surface area contributed by atoms with Crippen molar-refractivity contribution in [2.24, 2.45) is 0 Å². The second-order valence-corrected chi connectivity index (χ2v) is 4.53. The molecule has 1 heterocycles. The average molecular weight is 286 g/mol. The minimum atomic E-state index is -0.302. The van der Waals surface area contributed by atoms with Gasteiger partial charge in [0.15, 0.2) is 0 Å². The molecule has 0 aliphatic heterocycles. The number of aromatic nitrogens is 2. The van der Waals surface area contributed by atoms with Crippen LogP contribution in [0.1, 0.15) is 12.5 Å². The quantitative estimate of drug-likeness (QED) is 0.830.